The molecule has 100 valence electrons. The first-order valence-electron chi connectivity index (χ1n) is 5.11. The van der Waals surface area contributed by atoms with Gasteiger partial charge < -0.3 is 5.48 Å². The number of carbonyl (C=O) groups is 1. The minimum absolute atomic E-state index is 0. The molecule has 0 bridgehead atoms. The van der Waals surface area contributed by atoms with Gasteiger partial charge in [0.2, 0.25) is 11.5 Å². The Morgan fingerprint density at radius 2 is 1.95 bits per heavy atom. The summed E-state index contributed by atoms with van der Waals surface area (Å²) in [7, 11) is 0. The molecule has 2 N–H and O–H groups in total. The molecule has 0 aromatic heterocycles. The SMILES string of the molecule is O.O=C1N=C(c2cccc([N+](=O)[O-])c2)N=C2N=NN=C12. The lowest BCUT2D eigenvalue weighted by atomic mass is 10.1. The van der Waals surface area contributed by atoms with Crippen LogP contribution in [0.3, 0.4) is 0 Å². The van der Waals surface area contributed by atoms with E-state index in [0.29, 0.717) is 5.56 Å². The molecule has 0 fully saturated rings. The van der Waals surface area contributed by atoms with Gasteiger partial charge in [0, 0.05) is 17.7 Å². The summed E-state index contributed by atoms with van der Waals surface area (Å²) in [6, 6.07) is 5.67. The van der Waals surface area contributed by atoms with Gasteiger partial charge in [0.25, 0.3) is 5.69 Å². The molecule has 2 heterocycles. The number of hydrogen-bond acceptors (Lipinski definition) is 7. The fraction of sp³-hybridized carbons (Fsp3) is 0. The number of nitro groups is 1. The summed E-state index contributed by atoms with van der Waals surface area (Å²) in [4.78, 5) is 29.5. The standard InChI is InChI=1S/C10H4N6O3.H2O/c17-10-7-9(14-15-13-7)11-8(12-10)5-2-1-3-6(4-5)16(18)19;/h1-4H;1H2. The number of nitrogens with zero attached hydrogens (tertiary/aromatic N) is 6. The third-order valence-electron chi connectivity index (χ3n) is 2.43. The summed E-state index contributed by atoms with van der Waals surface area (Å²) in [6.45, 7) is 0. The third kappa shape index (κ3) is 2.10. The van der Waals surface area contributed by atoms with Crippen molar-refractivity contribution in [1.82, 2.24) is 0 Å². The van der Waals surface area contributed by atoms with Crippen LogP contribution in [0.15, 0.2) is 49.7 Å². The first kappa shape index (κ1) is 13.3. The van der Waals surface area contributed by atoms with Crippen LogP contribution in [0.4, 0.5) is 5.69 Å². The summed E-state index contributed by atoms with van der Waals surface area (Å²) < 4.78 is 0. The number of carbonyl (C=O) groups excluding carboxylic acids is 1. The molecule has 0 unspecified atom stereocenters. The highest BCUT2D eigenvalue weighted by Gasteiger charge is 2.28. The van der Waals surface area contributed by atoms with Gasteiger partial charge in [-0.1, -0.05) is 12.1 Å². The smallest absolute Gasteiger partial charge is 0.303 e. The molecule has 10 nitrogen and oxygen atoms in total. The highest BCUT2D eigenvalue weighted by Crippen LogP contribution is 2.17. The van der Waals surface area contributed by atoms with E-state index in [2.05, 4.69) is 25.4 Å². The predicted molar refractivity (Wildman–Crippen MR) is 68.0 cm³/mol. The molecule has 0 aliphatic carbocycles. The second-order valence-electron chi connectivity index (χ2n) is 3.62. The second-order valence-corrected chi connectivity index (χ2v) is 3.62. The van der Waals surface area contributed by atoms with Crippen molar-refractivity contribution in [1.29, 1.82) is 0 Å². The van der Waals surface area contributed by atoms with Crippen molar-refractivity contribution >= 4 is 29.0 Å². The minimum atomic E-state index is -0.614. The van der Waals surface area contributed by atoms with Crippen molar-refractivity contribution in [2.45, 2.75) is 0 Å². The summed E-state index contributed by atoms with van der Waals surface area (Å²) in [5.41, 5.74) is 0.228. The van der Waals surface area contributed by atoms with Gasteiger partial charge >= 0.3 is 5.91 Å². The number of benzene rings is 1. The van der Waals surface area contributed by atoms with Crippen LogP contribution in [-0.2, 0) is 4.79 Å². The van der Waals surface area contributed by atoms with Crippen molar-refractivity contribution in [3.8, 4) is 0 Å². The fourth-order valence-corrected chi connectivity index (χ4v) is 1.58. The molecule has 10 heteroatoms. The Balaban J connectivity index is 0.00000147. The first-order chi connectivity index (χ1) is 9.15. The lowest BCUT2D eigenvalue weighted by Crippen LogP contribution is -2.25. The molecular weight excluding hydrogens is 268 g/mol. The molecule has 0 saturated carbocycles. The van der Waals surface area contributed by atoms with Gasteiger partial charge in [0.05, 0.1) is 4.92 Å². The van der Waals surface area contributed by atoms with E-state index in [1.54, 1.807) is 6.07 Å². The Morgan fingerprint density at radius 1 is 1.15 bits per heavy atom. The van der Waals surface area contributed by atoms with Crippen molar-refractivity contribution in [2.24, 2.45) is 25.4 Å². The molecular formula is C10H6N6O4. The van der Waals surface area contributed by atoms with Crippen LogP contribution in [0.25, 0.3) is 0 Å². The average Bonchev–Trinajstić information content (AvgIpc) is 2.87. The molecule has 0 atom stereocenters. The van der Waals surface area contributed by atoms with Crippen LogP contribution in [0.1, 0.15) is 5.56 Å². The van der Waals surface area contributed by atoms with Gasteiger partial charge in [-0.2, -0.15) is 4.99 Å². The number of fused-ring (bicyclic) bond motifs is 1. The highest BCUT2D eigenvalue weighted by molar-refractivity contribution is 6.69. The number of aliphatic imine (C=N–C) groups is 2. The molecule has 1 aromatic carbocycles. The number of amides is 1. The summed E-state index contributed by atoms with van der Waals surface area (Å²) in [5.74, 6) is -0.485. The quantitative estimate of drug-likeness (QED) is 0.561. The third-order valence-corrected chi connectivity index (χ3v) is 2.43. The predicted octanol–water partition coefficient (Wildman–Crippen LogP) is 0.277. The normalized spacial score (nSPS) is 15.8. The summed E-state index contributed by atoms with van der Waals surface area (Å²) in [5, 5.41) is 21.1. The zero-order chi connectivity index (χ0) is 13.4. The van der Waals surface area contributed by atoms with E-state index in [0.717, 1.165) is 0 Å². The molecule has 0 saturated heterocycles. The van der Waals surface area contributed by atoms with E-state index in [4.69, 9.17) is 0 Å². The van der Waals surface area contributed by atoms with Crippen LogP contribution in [0, 0.1) is 10.1 Å². The van der Waals surface area contributed by atoms with Gasteiger partial charge in [0.15, 0.2) is 5.84 Å². The average molecular weight is 274 g/mol. The molecule has 0 radical (unpaired) electrons. The zero-order valence-corrected chi connectivity index (χ0v) is 9.72. The van der Waals surface area contributed by atoms with E-state index < -0.39 is 10.8 Å². The molecule has 2 aliphatic heterocycles. The first-order valence-corrected chi connectivity index (χ1v) is 5.11. The summed E-state index contributed by atoms with van der Waals surface area (Å²) in [6.07, 6.45) is 0. The van der Waals surface area contributed by atoms with Crippen molar-refractivity contribution in [2.75, 3.05) is 0 Å². The maximum absolute atomic E-state index is 11.6. The number of rotatable bonds is 2. The molecule has 1 amide bonds. The van der Waals surface area contributed by atoms with Crippen LogP contribution in [-0.4, -0.2) is 33.7 Å². The lowest BCUT2D eigenvalue weighted by Gasteiger charge is -2.06. The number of amidine groups is 2. The van der Waals surface area contributed by atoms with Crippen LogP contribution in [0.2, 0.25) is 0 Å². The van der Waals surface area contributed by atoms with Crippen LogP contribution < -0.4 is 0 Å². The maximum atomic E-state index is 11.6. The van der Waals surface area contributed by atoms with E-state index in [1.807, 2.05) is 0 Å². The Morgan fingerprint density at radius 3 is 2.70 bits per heavy atom. The summed E-state index contributed by atoms with van der Waals surface area (Å²) >= 11 is 0. The molecule has 2 aliphatic rings. The van der Waals surface area contributed by atoms with E-state index in [1.165, 1.54) is 18.2 Å². The number of nitro benzene ring substituents is 1. The Labute approximate surface area is 110 Å². The Hall–Kier alpha value is -3.14. The van der Waals surface area contributed by atoms with Gasteiger partial charge in [-0.05, 0) is 5.22 Å². The molecule has 0 spiro atoms. The maximum Gasteiger partial charge on any atom is 0.303 e. The highest BCUT2D eigenvalue weighted by atomic mass is 16.6. The Kier molecular flexibility index (Phi) is 3.23. The zero-order valence-electron chi connectivity index (χ0n) is 9.72. The van der Waals surface area contributed by atoms with E-state index in [-0.39, 0.29) is 28.5 Å². The van der Waals surface area contributed by atoms with E-state index >= 15 is 0 Å². The monoisotopic (exact) mass is 274 g/mol. The van der Waals surface area contributed by atoms with Crippen LogP contribution in [0.5, 0.6) is 0 Å². The number of hydrogen-bond donors (Lipinski definition) is 0. The largest absolute Gasteiger partial charge is 0.412 e. The van der Waals surface area contributed by atoms with Crippen molar-refractivity contribution in [3.05, 3.63) is 39.9 Å². The van der Waals surface area contributed by atoms with Crippen molar-refractivity contribution < 1.29 is 15.2 Å². The van der Waals surface area contributed by atoms with Gasteiger partial charge in [-0.15, -0.1) is 10.2 Å². The van der Waals surface area contributed by atoms with Crippen molar-refractivity contribution in [3.63, 3.8) is 0 Å². The molecule has 3 rings (SSSR count). The van der Waals surface area contributed by atoms with Crippen LogP contribution >= 0.6 is 0 Å². The Bertz CT molecular complexity index is 733. The number of non-ortho nitro benzene ring substituents is 1. The molecule has 20 heavy (non-hydrogen) atoms. The second kappa shape index (κ2) is 4.85. The minimum Gasteiger partial charge on any atom is -0.412 e. The van der Waals surface area contributed by atoms with Gasteiger partial charge in [-0.3, -0.25) is 14.9 Å². The lowest BCUT2D eigenvalue weighted by molar-refractivity contribution is -0.384. The van der Waals surface area contributed by atoms with Gasteiger partial charge in [-0.25, -0.2) is 4.99 Å². The van der Waals surface area contributed by atoms with Gasteiger partial charge in [0.1, 0.15) is 0 Å². The van der Waals surface area contributed by atoms with E-state index in [9.17, 15) is 14.9 Å². The molecule has 1 aromatic rings. The fourth-order valence-electron chi connectivity index (χ4n) is 1.58. The topological polar surface area (TPSA) is 154 Å².